The van der Waals surface area contributed by atoms with Crippen molar-refractivity contribution in [1.29, 1.82) is 0 Å². The van der Waals surface area contributed by atoms with Crippen LogP contribution in [-0.2, 0) is 6.18 Å². The van der Waals surface area contributed by atoms with Crippen molar-refractivity contribution in [2.24, 2.45) is 10.2 Å². The smallest absolute Gasteiger partial charge is 0.416 e. The minimum Gasteiger partial charge on any atom is -0.493 e. The van der Waals surface area contributed by atoms with Gasteiger partial charge in [0.25, 0.3) is 0 Å². The molecule has 0 atom stereocenters. The molecule has 0 aliphatic heterocycles. The molecule has 6 nitrogen and oxygen atoms in total. The van der Waals surface area contributed by atoms with Gasteiger partial charge in [-0.1, -0.05) is 12.1 Å². The van der Waals surface area contributed by atoms with Crippen molar-refractivity contribution in [3.63, 3.8) is 0 Å². The Labute approximate surface area is 194 Å². The van der Waals surface area contributed by atoms with Gasteiger partial charge in [0.15, 0.2) is 5.69 Å². The van der Waals surface area contributed by atoms with Crippen molar-refractivity contribution < 1.29 is 28.4 Å². The molecule has 170 valence electrons. The van der Waals surface area contributed by atoms with Gasteiger partial charge in [0.1, 0.15) is 5.69 Å². The third kappa shape index (κ3) is 4.31. The average Bonchev–Trinajstić information content (AvgIpc) is 3.01. The average molecular weight is 520 g/mol. The highest BCUT2D eigenvalue weighted by Gasteiger charge is 2.32. The number of aryl methyl sites for hydroxylation is 2. The molecular formula is C23H17BrF3N3O3. The molecule has 0 saturated carbocycles. The van der Waals surface area contributed by atoms with Gasteiger partial charge in [0, 0.05) is 11.1 Å². The van der Waals surface area contributed by atoms with Crippen molar-refractivity contribution in [2.75, 3.05) is 0 Å². The maximum absolute atomic E-state index is 13.4. The molecule has 1 heterocycles. The highest BCUT2D eigenvalue weighted by atomic mass is 79.9. The second-order valence-corrected chi connectivity index (χ2v) is 8.32. The fourth-order valence-corrected chi connectivity index (χ4v) is 4.07. The maximum Gasteiger partial charge on any atom is 0.416 e. The summed E-state index contributed by atoms with van der Waals surface area (Å²) in [6.07, 6.45) is -4.56. The Balaban J connectivity index is 1.98. The number of para-hydroxylation sites is 1. The molecule has 0 unspecified atom stereocenters. The fraction of sp³-hybridized carbons (Fsp3) is 0.130. The van der Waals surface area contributed by atoms with Crippen LogP contribution in [0, 0.1) is 13.8 Å². The quantitative estimate of drug-likeness (QED) is 0.163. The Morgan fingerprint density at radius 1 is 0.970 bits per heavy atom. The van der Waals surface area contributed by atoms with Crippen LogP contribution < -0.4 is 4.89 Å². The van der Waals surface area contributed by atoms with Crippen LogP contribution in [0.4, 0.5) is 24.5 Å². The first-order chi connectivity index (χ1) is 15.6. The van der Waals surface area contributed by atoms with E-state index in [1.807, 2.05) is 19.9 Å². The van der Waals surface area contributed by atoms with E-state index in [4.69, 9.17) is 5.26 Å². The second-order valence-electron chi connectivity index (χ2n) is 7.46. The Morgan fingerprint density at radius 3 is 2.30 bits per heavy atom. The number of hydrogen-bond acceptors (Lipinski definition) is 5. The predicted molar refractivity (Wildman–Crippen MR) is 121 cm³/mol. The number of aromatic hydroxyl groups is 1. The number of nitrogens with zero attached hydrogens (tertiary/aromatic N) is 3. The van der Waals surface area contributed by atoms with E-state index in [0.29, 0.717) is 10.2 Å². The lowest BCUT2D eigenvalue weighted by Crippen LogP contribution is -2.05. The third-order valence-electron chi connectivity index (χ3n) is 5.00. The maximum atomic E-state index is 13.4. The highest BCUT2D eigenvalue weighted by Crippen LogP contribution is 2.44. The lowest BCUT2D eigenvalue weighted by molar-refractivity contribution is -0.137. The van der Waals surface area contributed by atoms with Gasteiger partial charge in [-0.2, -0.15) is 13.2 Å². The van der Waals surface area contributed by atoms with Crippen LogP contribution in [0.2, 0.25) is 0 Å². The number of alkyl halides is 3. The van der Waals surface area contributed by atoms with Gasteiger partial charge >= 0.3 is 6.18 Å². The summed E-state index contributed by atoms with van der Waals surface area (Å²) in [5.41, 5.74) is 1.61. The molecule has 0 fully saturated rings. The largest absolute Gasteiger partial charge is 0.493 e. The van der Waals surface area contributed by atoms with Crippen molar-refractivity contribution >= 4 is 38.2 Å². The summed E-state index contributed by atoms with van der Waals surface area (Å²) in [5, 5.41) is 28.6. The summed E-state index contributed by atoms with van der Waals surface area (Å²) in [7, 11) is 0. The molecule has 10 heteroatoms. The Bertz CT molecular complexity index is 1380. The van der Waals surface area contributed by atoms with Crippen LogP contribution in [0.25, 0.3) is 16.6 Å². The number of rotatable bonds is 4. The monoisotopic (exact) mass is 519 g/mol. The zero-order valence-corrected chi connectivity index (χ0v) is 18.9. The minimum atomic E-state index is -4.56. The molecule has 0 saturated heterocycles. The molecular weight excluding hydrogens is 503 g/mol. The number of aromatic nitrogens is 1. The Kier molecular flexibility index (Phi) is 5.89. The summed E-state index contributed by atoms with van der Waals surface area (Å²) < 4.78 is 42.0. The normalized spacial score (nSPS) is 12.1. The van der Waals surface area contributed by atoms with Crippen molar-refractivity contribution in [1.82, 2.24) is 4.57 Å². The van der Waals surface area contributed by atoms with Crippen LogP contribution in [0.15, 0.2) is 69.3 Å². The summed E-state index contributed by atoms with van der Waals surface area (Å²) in [5.74, 6) is -0.377. The molecule has 2 N–H and O–H groups in total. The number of azo groups is 1. The minimum absolute atomic E-state index is 0.00172. The van der Waals surface area contributed by atoms with E-state index in [9.17, 15) is 18.3 Å². The number of halogens is 4. The van der Waals surface area contributed by atoms with Crippen LogP contribution in [-0.4, -0.2) is 14.9 Å². The number of benzene rings is 3. The van der Waals surface area contributed by atoms with Crippen molar-refractivity contribution in [3.05, 3.63) is 75.8 Å². The van der Waals surface area contributed by atoms with Gasteiger partial charge in [-0.15, -0.1) is 10.2 Å². The van der Waals surface area contributed by atoms with Crippen LogP contribution in [0.5, 0.6) is 11.6 Å². The van der Waals surface area contributed by atoms with Crippen LogP contribution in [0.1, 0.15) is 16.7 Å². The number of fused-ring (bicyclic) bond motifs is 1. The molecule has 0 spiro atoms. The first-order valence-corrected chi connectivity index (χ1v) is 10.4. The van der Waals surface area contributed by atoms with E-state index in [2.05, 4.69) is 31.0 Å². The third-order valence-corrected chi connectivity index (χ3v) is 5.63. The highest BCUT2D eigenvalue weighted by molar-refractivity contribution is 9.10. The van der Waals surface area contributed by atoms with Gasteiger partial charge in [-0.3, -0.25) is 4.57 Å². The molecule has 0 aliphatic carbocycles. The molecule has 0 radical (unpaired) electrons. The standard InChI is InChI=1S/C23H17BrF3N3O3/c1-12-8-13(2)10-15(9-12)30-19-11-14(23(25,26)27)6-7-16(19)20(22(30)31)29-28-18-5-3-4-17(24)21(18)33-32/h3-11,31-32H,1-2H3. The number of hydrogen-bond donors (Lipinski definition) is 2. The molecule has 0 amide bonds. The van der Waals surface area contributed by atoms with Gasteiger partial charge in [0.2, 0.25) is 11.6 Å². The topological polar surface area (TPSA) is 79.3 Å². The van der Waals surface area contributed by atoms with Gasteiger partial charge in [-0.05, 0) is 83.4 Å². The van der Waals surface area contributed by atoms with Crippen LogP contribution >= 0.6 is 15.9 Å². The summed E-state index contributed by atoms with van der Waals surface area (Å²) in [6, 6.07) is 13.3. The van der Waals surface area contributed by atoms with E-state index >= 15 is 0 Å². The van der Waals surface area contributed by atoms with E-state index in [-0.39, 0.29) is 33.9 Å². The van der Waals surface area contributed by atoms with E-state index < -0.39 is 11.7 Å². The van der Waals surface area contributed by atoms with E-state index in [0.717, 1.165) is 23.3 Å². The SMILES string of the molecule is Cc1cc(C)cc(-n2c(O)c(N=Nc3cccc(Br)c3OO)c3ccc(C(F)(F)F)cc32)c1. The first kappa shape index (κ1) is 22.8. The fourth-order valence-electron chi connectivity index (χ4n) is 3.64. The molecule has 33 heavy (non-hydrogen) atoms. The summed E-state index contributed by atoms with van der Waals surface area (Å²) >= 11 is 3.22. The molecule has 4 rings (SSSR count). The molecule has 1 aromatic heterocycles. The zero-order chi connectivity index (χ0) is 23.9. The molecule has 4 aromatic rings. The summed E-state index contributed by atoms with van der Waals surface area (Å²) in [4.78, 5) is 4.34. The predicted octanol–water partition coefficient (Wildman–Crippen LogP) is 8.00. The first-order valence-electron chi connectivity index (χ1n) is 9.65. The van der Waals surface area contributed by atoms with Crippen molar-refractivity contribution in [2.45, 2.75) is 20.0 Å². The zero-order valence-electron chi connectivity index (χ0n) is 17.4. The lowest BCUT2D eigenvalue weighted by Gasteiger charge is -2.11. The molecule has 3 aromatic carbocycles. The van der Waals surface area contributed by atoms with Gasteiger partial charge in [0.05, 0.1) is 15.6 Å². The molecule has 0 aliphatic rings. The Morgan fingerprint density at radius 2 is 1.67 bits per heavy atom. The molecule has 0 bridgehead atoms. The van der Waals surface area contributed by atoms with E-state index in [1.54, 1.807) is 24.3 Å². The Hall–Kier alpha value is -3.37. The second kappa shape index (κ2) is 8.53. The summed E-state index contributed by atoms with van der Waals surface area (Å²) in [6.45, 7) is 3.70. The van der Waals surface area contributed by atoms with Crippen LogP contribution in [0.3, 0.4) is 0 Å². The van der Waals surface area contributed by atoms with Gasteiger partial charge < -0.3 is 9.99 Å². The van der Waals surface area contributed by atoms with Gasteiger partial charge in [-0.25, -0.2) is 5.26 Å². The van der Waals surface area contributed by atoms with E-state index in [1.165, 1.54) is 16.7 Å². The van der Waals surface area contributed by atoms with Crippen molar-refractivity contribution in [3.8, 4) is 17.3 Å². The lowest BCUT2D eigenvalue weighted by atomic mass is 10.1.